The number of nitrogens with zero attached hydrogens (tertiary/aromatic N) is 2. The second-order valence-electron chi connectivity index (χ2n) is 8.11. The molecule has 1 aromatic heterocycles. The minimum Gasteiger partial charge on any atom is -0.496 e. The van der Waals surface area contributed by atoms with E-state index in [9.17, 15) is 9.18 Å². The van der Waals surface area contributed by atoms with E-state index in [-0.39, 0.29) is 17.7 Å². The van der Waals surface area contributed by atoms with Gasteiger partial charge in [0.05, 0.1) is 18.0 Å². The van der Waals surface area contributed by atoms with Crippen LogP contribution in [0.4, 0.5) is 4.39 Å². The van der Waals surface area contributed by atoms with Crippen LogP contribution < -0.4 is 9.47 Å². The van der Waals surface area contributed by atoms with E-state index in [4.69, 9.17) is 9.47 Å². The molecule has 1 aliphatic rings. The maximum Gasteiger partial charge on any atom is 0.162 e. The Balaban J connectivity index is 1.31. The van der Waals surface area contributed by atoms with Crippen LogP contribution >= 0.6 is 0 Å². The third-order valence-corrected chi connectivity index (χ3v) is 5.99. The van der Waals surface area contributed by atoms with Crippen LogP contribution in [0.1, 0.15) is 36.5 Å². The van der Waals surface area contributed by atoms with E-state index in [2.05, 4.69) is 9.47 Å². The summed E-state index contributed by atoms with van der Waals surface area (Å²) in [5.41, 5.74) is 1.75. The Hall–Kier alpha value is -2.86. The van der Waals surface area contributed by atoms with Crippen molar-refractivity contribution in [2.45, 2.75) is 38.8 Å². The zero-order chi connectivity index (χ0) is 21.8. The quantitative estimate of drug-likeness (QED) is 0.481. The van der Waals surface area contributed by atoms with Gasteiger partial charge >= 0.3 is 0 Å². The lowest BCUT2D eigenvalue weighted by atomic mass is 10.1. The Morgan fingerprint density at radius 3 is 2.52 bits per heavy atom. The summed E-state index contributed by atoms with van der Waals surface area (Å²) in [6.45, 7) is 5.44. The Morgan fingerprint density at radius 2 is 1.84 bits per heavy atom. The number of hydrogen-bond acceptors (Lipinski definition) is 4. The lowest BCUT2D eigenvalue weighted by Gasteiger charge is -2.32. The number of Topliss-reactive ketones (excluding diaryl/α,β-unsaturated/α-hetero) is 1. The molecule has 0 unspecified atom stereocenters. The van der Waals surface area contributed by atoms with Crippen LogP contribution in [0.5, 0.6) is 11.5 Å². The monoisotopic (exact) mass is 424 g/mol. The molecule has 6 heteroatoms. The number of hydrogen-bond donors (Lipinski definition) is 0. The number of piperidine rings is 1. The summed E-state index contributed by atoms with van der Waals surface area (Å²) in [4.78, 5) is 14.6. The highest BCUT2D eigenvalue weighted by atomic mass is 19.1. The average molecular weight is 425 g/mol. The molecule has 0 radical (unpaired) electrons. The Kier molecular flexibility index (Phi) is 6.56. The molecule has 1 fully saturated rings. The van der Waals surface area contributed by atoms with Crippen LogP contribution in [0.25, 0.3) is 10.9 Å². The fourth-order valence-corrected chi connectivity index (χ4v) is 4.36. The van der Waals surface area contributed by atoms with Crippen molar-refractivity contribution in [3.63, 3.8) is 0 Å². The number of benzene rings is 2. The maximum absolute atomic E-state index is 13.0. The largest absolute Gasteiger partial charge is 0.496 e. The smallest absolute Gasteiger partial charge is 0.162 e. The SMILES string of the molecule is COc1cccc2c1c(C(C)=O)cn2CCCN1CCC(Oc2ccc(F)cc2)CC1. The normalized spacial score (nSPS) is 15.3. The molecule has 0 bridgehead atoms. The van der Waals surface area contributed by atoms with E-state index in [1.54, 1.807) is 26.2 Å². The first-order chi connectivity index (χ1) is 15.0. The maximum atomic E-state index is 13.0. The Morgan fingerprint density at radius 1 is 1.10 bits per heavy atom. The number of carbonyl (C=O) groups excluding carboxylic acids is 1. The van der Waals surface area contributed by atoms with Crippen LogP contribution in [0.3, 0.4) is 0 Å². The molecular formula is C25H29FN2O3. The van der Waals surface area contributed by atoms with Crippen LogP contribution in [0.15, 0.2) is 48.7 Å². The van der Waals surface area contributed by atoms with Crippen molar-refractivity contribution < 1.29 is 18.7 Å². The first-order valence-corrected chi connectivity index (χ1v) is 10.9. The molecule has 0 saturated carbocycles. The molecule has 2 heterocycles. The van der Waals surface area contributed by atoms with Gasteiger partial charge < -0.3 is 18.9 Å². The number of carbonyl (C=O) groups is 1. The molecule has 0 spiro atoms. The Bertz CT molecular complexity index is 1040. The van der Waals surface area contributed by atoms with Gasteiger partial charge in [0, 0.05) is 31.4 Å². The molecule has 2 aromatic carbocycles. The third-order valence-electron chi connectivity index (χ3n) is 5.99. The molecule has 0 amide bonds. The van der Waals surface area contributed by atoms with Gasteiger partial charge in [-0.2, -0.15) is 0 Å². The third kappa shape index (κ3) is 4.90. The number of aromatic nitrogens is 1. The number of methoxy groups -OCH3 is 1. The van der Waals surface area contributed by atoms with E-state index in [1.807, 2.05) is 24.4 Å². The standard InChI is InChI=1S/C25H29FN2O3/c1-18(29)22-17-28(23-5-3-6-24(30-2)25(22)23)14-4-13-27-15-11-21(12-16-27)31-20-9-7-19(26)8-10-20/h3,5-10,17,21H,4,11-16H2,1-2H3. The number of ketones is 1. The molecule has 31 heavy (non-hydrogen) atoms. The fourth-order valence-electron chi connectivity index (χ4n) is 4.36. The molecular weight excluding hydrogens is 395 g/mol. The van der Waals surface area contributed by atoms with Crippen molar-refractivity contribution in [2.24, 2.45) is 0 Å². The van der Waals surface area contributed by atoms with Gasteiger partial charge in [0.15, 0.2) is 5.78 Å². The van der Waals surface area contributed by atoms with Gasteiger partial charge in [0.1, 0.15) is 23.4 Å². The minimum absolute atomic E-state index is 0.0523. The summed E-state index contributed by atoms with van der Waals surface area (Å²) in [6, 6.07) is 12.2. The summed E-state index contributed by atoms with van der Waals surface area (Å²) >= 11 is 0. The van der Waals surface area contributed by atoms with E-state index >= 15 is 0 Å². The summed E-state index contributed by atoms with van der Waals surface area (Å²) in [5.74, 6) is 1.28. The van der Waals surface area contributed by atoms with Gasteiger partial charge in [-0.3, -0.25) is 4.79 Å². The van der Waals surface area contributed by atoms with Crippen LogP contribution in [-0.2, 0) is 6.54 Å². The van der Waals surface area contributed by atoms with Crippen molar-refractivity contribution in [3.05, 3.63) is 60.0 Å². The number of aryl methyl sites for hydroxylation is 1. The van der Waals surface area contributed by atoms with Crippen molar-refractivity contribution in [1.82, 2.24) is 9.47 Å². The number of fused-ring (bicyclic) bond motifs is 1. The highest BCUT2D eigenvalue weighted by Crippen LogP contribution is 2.31. The second kappa shape index (κ2) is 9.52. The van der Waals surface area contributed by atoms with E-state index in [1.165, 1.54) is 12.1 Å². The summed E-state index contributed by atoms with van der Waals surface area (Å²) < 4.78 is 26.7. The van der Waals surface area contributed by atoms with Gasteiger partial charge in [0.2, 0.25) is 0 Å². The number of likely N-dealkylation sites (tertiary alicyclic amines) is 1. The van der Waals surface area contributed by atoms with Crippen LogP contribution in [-0.4, -0.2) is 48.1 Å². The van der Waals surface area contributed by atoms with Crippen molar-refractivity contribution in [3.8, 4) is 11.5 Å². The number of rotatable bonds is 8. The van der Waals surface area contributed by atoms with Crippen molar-refractivity contribution in [1.29, 1.82) is 0 Å². The van der Waals surface area contributed by atoms with Gasteiger partial charge in [-0.1, -0.05) is 6.07 Å². The van der Waals surface area contributed by atoms with Gasteiger partial charge in [-0.15, -0.1) is 0 Å². The summed E-state index contributed by atoms with van der Waals surface area (Å²) in [6.07, 6.45) is 5.08. The van der Waals surface area contributed by atoms with E-state index in [0.717, 1.165) is 67.8 Å². The van der Waals surface area contributed by atoms with Gasteiger partial charge in [-0.05, 0) is 69.1 Å². The van der Waals surface area contributed by atoms with E-state index < -0.39 is 0 Å². The molecule has 3 aromatic rings. The fraction of sp³-hybridized carbons (Fsp3) is 0.400. The first kappa shape index (κ1) is 21.4. The van der Waals surface area contributed by atoms with Gasteiger partial charge in [-0.25, -0.2) is 4.39 Å². The van der Waals surface area contributed by atoms with Gasteiger partial charge in [0.25, 0.3) is 0 Å². The Labute approximate surface area is 182 Å². The molecule has 5 nitrogen and oxygen atoms in total. The molecule has 1 aliphatic heterocycles. The number of ether oxygens (including phenoxy) is 2. The number of halogens is 1. The summed E-state index contributed by atoms with van der Waals surface area (Å²) in [5, 5.41) is 0.899. The molecule has 1 saturated heterocycles. The summed E-state index contributed by atoms with van der Waals surface area (Å²) in [7, 11) is 1.64. The molecule has 0 atom stereocenters. The van der Waals surface area contributed by atoms with Crippen molar-refractivity contribution in [2.75, 3.05) is 26.7 Å². The minimum atomic E-state index is -0.244. The molecule has 164 valence electrons. The first-order valence-electron chi connectivity index (χ1n) is 10.9. The van der Waals surface area contributed by atoms with Crippen LogP contribution in [0, 0.1) is 5.82 Å². The zero-order valence-corrected chi connectivity index (χ0v) is 18.1. The topological polar surface area (TPSA) is 43.7 Å². The molecule has 0 aliphatic carbocycles. The zero-order valence-electron chi connectivity index (χ0n) is 18.1. The predicted molar refractivity (Wildman–Crippen MR) is 120 cm³/mol. The average Bonchev–Trinajstić information content (AvgIpc) is 3.16. The molecule has 4 rings (SSSR count). The van der Waals surface area contributed by atoms with E-state index in [0.29, 0.717) is 5.56 Å². The highest BCUT2D eigenvalue weighted by molar-refractivity contribution is 6.09. The van der Waals surface area contributed by atoms with Crippen molar-refractivity contribution >= 4 is 16.7 Å². The predicted octanol–water partition coefficient (Wildman–Crippen LogP) is 4.93. The van der Waals surface area contributed by atoms with Crippen LogP contribution in [0.2, 0.25) is 0 Å². The lowest BCUT2D eigenvalue weighted by molar-refractivity contribution is 0.0992. The lowest BCUT2D eigenvalue weighted by Crippen LogP contribution is -2.38. The highest BCUT2D eigenvalue weighted by Gasteiger charge is 2.21. The second-order valence-corrected chi connectivity index (χ2v) is 8.11. The molecule has 0 N–H and O–H groups in total.